The molecule has 2 nitrogen and oxygen atoms in total. The minimum atomic E-state index is -0.0796. The Morgan fingerprint density at radius 1 is 0.557 bits per heavy atom. The maximum Gasteiger partial charge on any atom is 0.264 e. The fraction of sp³-hybridized carbons (Fsp3) is 0.193. The first-order valence-corrected chi connectivity index (χ1v) is 22.7. The smallest absolute Gasteiger partial charge is 0.264 e. The summed E-state index contributed by atoms with van der Waals surface area (Å²) < 4.78 is 5.42. The third-order valence-electron chi connectivity index (χ3n) is 14.1. The van der Waals surface area contributed by atoms with Gasteiger partial charge in [-0.25, -0.2) is 0 Å². The van der Waals surface area contributed by atoms with Crippen LogP contribution in [0, 0.1) is 0 Å². The van der Waals surface area contributed by atoms with Gasteiger partial charge in [0.15, 0.2) is 0 Å². The van der Waals surface area contributed by atoms with Gasteiger partial charge in [-0.05, 0) is 103 Å². The molecule has 0 saturated heterocycles. The van der Waals surface area contributed by atoms with Gasteiger partial charge in [0.2, 0.25) is 0 Å². The minimum Gasteiger partial charge on any atom is -0.310 e. The summed E-state index contributed by atoms with van der Waals surface area (Å²) in [5, 5.41) is 2.63. The van der Waals surface area contributed by atoms with Crippen LogP contribution in [0.4, 0.5) is 17.1 Å². The molecule has 0 spiro atoms. The van der Waals surface area contributed by atoms with Crippen molar-refractivity contribution in [3.63, 3.8) is 0 Å². The number of hydrogen-bond donors (Lipinski definition) is 0. The first kappa shape index (κ1) is 36.7. The van der Waals surface area contributed by atoms with Crippen molar-refractivity contribution >= 4 is 71.8 Å². The zero-order valence-corrected chi connectivity index (χ0v) is 37.1. The van der Waals surface area contributed by atoms with E-state index >= 15 is 0 Å². The second-order valence-electron chi connectivity index (χ2n) is 20.2. The summed E-state index contributed by atoms with van der Waals surface area (Å²) in [5.74, 6) is 0. The Morgan fingerprint density at radius 3 is 1.90 bits per heavy atom. The lowest BCUT2D eigenvalue weighted by molar-refractivity contribution is 0.590. The first-order chi connectivity index (χ1) is 29.3. The van der Waals surface area contributed by atoms with Crippen LogP contribution in [0.25, 0.3) is 60.2 Å². The van der Waals surface area contributed by atoms with Crippen molar-refractivity contribution < 1.29 is 0 Å². The summed E-state index contributed by atoms with van der Waals surface area (Å²) in [6.07, 6.45) is 0. The van der Waals surface area contributed by atoms with E-state index in [9.17, 15) is 0 Å². The summed E-state index contributed by atoms with van der Waals surface area (Å²) in [6.45, 7) is 18.8. The molecule has 2 aromatic heterocycles. The minimum absolute atomic E-state index is 0.0173. The molecule has 0 amide bonds. The Labute approximate surface area is 364 Å². The van der Waals surface area contributed by atoms with Gasteiger partial charge in [-0.2, -0.15) is 0 Å². The van der Waals surface area contributed by atoms with Crippen LogP contribution in [0.5, 0.6) is 0 Å². The zero-order valence-electron chi connectivity index (χ0n) is 36.3. The molecule has 0 N–H and O–H groups in total. The standard InChI is InChI=1S/C57H49BN2S/c1-55(2,3)36-23-26-38(27-24-36)59-47-30-28-40-49(34-17-11-9-12-18-34)51(35-19-13-10-14-20-35)60-46-29-25-37(56(4,5)6)31-45(46)58(50(47)52(40)60)54-53(59)42-32-41-39-21-15-16-22-43(39)57(7,8)44(41)33-48(42)61-54/h9-33H,1-8H3. The molecule has 12 rings (SSSR count). The monoisotopic (exact) mass is 804 g/mol. The maximum absolute atomic E-state index is 2.64. The molecule has 296 valence electrons. The lowest BCUT2D eigenvalue weighted by Crippen LogP contribution is -2.59. The largest absolute Gasteiger partial charge is 0.310 e. The van der Waals surface area contributed by atoms with Gasteiger partial charge in [-0.15, -0.1) is 11.3 Å². The van der Waals surface area contributed by atoms with E-state index in [2.05, 4.69) is 217 Å². The summed E-state index contributed by atoms with van der Waals surface area (Å²) in [4.78, 5) is 2.63. The summed E-state index contributed by atoms with van der Waals surface area (Å²) in [6, 6.07) is 58.0. The highest BCUT2D eigenvalue weighted by atomic mass is 32.1. The number of anilines is 3. The molecule has 4 heterocycles. The van der Waals surface area contributed by atoms with Crippen LogP contribution >= 0.6 is 11.3 Å². The molecule has 0 saturated carbocycles. The number of nitrogens with zero attached hydrogens (tertiary/aromatic N) is 2. The molecule has 7 aromatic carbocycles. The van der Waals surface area contributed by atoms with Crippen LogP contribution in [-0.2, 0) is 16.2 Å². The van der Waals surface area contributed by atoms with E-state index in [1.807, 2.05) is 11.3 Å². The molecule has 0 atom stereocenters. The van der Waals surface area contributed by atoms with Crippen molar-refractivity contribution in [2.75, 3.05) is 4.90 Å². The van der Waals surface area contributed by atoms with Gasteiger partial charge in [0.25, 0.3) is 6.71 Å². The van der Waals surface area contributed by atoms with Crippen molar-refractivity contribution in [2.45, 2.75) is 71.6 Å². The summed E-state index contributed by atoms with van der Waals surface area (Å²) in [5.41, 5.74) is 22.4. The molecule has 2 aliphatic heterocycles. The highest BCUT2D eigenvalue weighted by molar-refractivity contribution is 7.33. The summed E-state index contributed by atoms with van der Waals surface area (Å²) >= 11 is 2.01. The first-order valence-electron chi connectivity index (χ1n) is 21.9. The molecule has 3 aliphatic rings. The number of thiophene rings is 1. The third-order valence-corrected chi connectivity index (χ3v) is 15.3. The fourth-order valence-corrected chi connectivity index (χ4v) is 12.3. The van der Waals surface area contributed by atoms with Gasteiger partial charge >= 0.3 is 0 Å². The van der Waals surface area contributed by atoms with Crippen molar-refractivity contribution in [3.05, 3.63) is 174 Å². The number of hydrogen-bond acceptors (Lipinski definition) is 2. The van der Waals surface area contributed by atoms with Crippen LogP contribution in [-0.4, -0.2) is 11.3 Å². The van der Waals surface area contributed by atoms with Gasteiger partial charge < -0.3 is 9.47 Å². The van der Waals surface area contributed by atoms with Crippen molar-refractivity contribution in [3.8, 4) is 39.2 Å². The fourth-order valence-electron chi connectivity index (χ4n) is 11.0. The molecule has 61 heavy (non-hydrogen) atoms. The average Bonchev–Trinajstić information content (AvgIpc) is 3.88. The lowest BCUT2D eigenvalue weighted by atomic mass is 9.36. The van der Waals surface area contributed by atoms with E-state index < -0.39 is 0 Å². The van der Waals surface area contributed by atoms with Gasteiger partial charge in [-0.1, -0.05) is 171 Å². The quantitative estimate of drug-likeness (QED) is 0.162. The van der Waals surface area contributed by atoms with E-state index in [0.29, 0.717) is 0 Å². The molecule has 0 bridgehead atoms. The Balaban J connectivity index is 1.25. The highest BCUT2D eigenvalue weighted by Crippen LogP contribution is 2.54. The van der Waals surface area contributed by atoms with E-state index in [4.69, 9.17) is 0 Å². The highest BCUT2D eigenvalue weighted by Gasteiger charge is 2.46. The average molecular weight is 805 g/mol. The van der Waals surface area contributed by atoms with Gasteiger partial charge in [-0.3, -0.25) is 0 Å². The lowest BCUT2D eigenvalue weighted by Gasteiger charge is -2.39. The van der Waals surface area contributed by atoms with Crippen LogP contribution in [0.15, 0.2) is 152 Å². The molecule has 0 unspecified atom stereocenters. The molecule has 1 aliphatic carbocycles. The van der Waals surface area contributed by atoms with Gasteiger partial charge in [0, 0.05) is 48.3 Å². The number of benzene rings is 7. The maximum atomic E-state index is 2.64. The van der Waals surface area contributed by atoms with Crippen molar-refractivity contribution in [1.29, 1.82) is 0 Å². The molecule has 0 radical (unpaired) electrons. The SMILES string of the molecule is CC(C)(C)c1ccc(N2c3ccc4c(-c5ccccc5)c(-c5ccccc5)n5c4c3B(c3cc(C(C)(C)C)ccc3-5)c3sc4cc5c(cc4c32)-c2ccccc2C5(C)C)cc1. The zero-order chi connectivity index (χ0) is 41.7. The second kappa shape index (κ2) is 12.5. The van der Waals surface area contributed by atoms with E-state index in [1.165, 1.54) is 115 Å². The molecular weight excluding hydrogens is 756 g/mol. The van der Waals surface area contributed by atoms with Gasteiger partial charge in [0.05, 0.1) is 16.9 Å². The van der Waals surface area contributed by atoms with Crippen molar-refractivity contribution in [2.24, 2.45) is 0 Å². The van der Waals surface area contributed by atoms with Gasteiger partial charge in [0.1, 0.15) is 0 Å². The Kier molecular flexibility index (Phi) is 7.52. The van der Waals surface area contributed by atoms with E-state index in [1.54, 1.807) is 0 Å². The Morgan fingerprint density at radius 2 is 1.20 bits per heavy atom. The normalized spacial score (nSPS) is 14.6. The summed E-state index contributed by atoms with van der Waals surface area (Å²) in [7, 11) is 0. The van der Waals surface area contributed by atoms with E-state index in [0.717, 1.165) is 0 Å². The second-order valence-corrected chi connectivity index (χ2v) is 21.2. The molecule has 4 heteroatoms. The molecular formula is C57H49BN2S. The Hall–Kier alpha value is -6.10. The Bertz CT molecular complexity index is 3280. The topological polar surface area (TPSA) is 8.17 Å². The molecule has 0 fully saturated rings. The van der Waals surface area contributed by atoms with Crippen LogP contribution in [0.1, 0.15) is 77.6 Å². The molecule has 9 aromatic rings. The number of rotatable bonds is 3. The van der Waals surface area contributed by atoms with Crippen molar-refractivity contribution in [1.82, 2.24) is 4.57 Å². The number of fused-ring (bicyclic) bond motifs is 10. The third kappa shape index (κ3) is 5.09. The van der Waals surface area contributed by atoms with Crippen LogP contribution in [0.3, 0.4) is 0 Å². The number of aromatic nitrogens is 1. The van der Waals surface area contributed by atoms with Crippen LogP contribution in [0.2, 0.25) is 0 Å². The van der Waals surface area contributed by atoms with Crippen LogP contribution < -0.4 is 20.6 Å². The predicted molar refractivity (Wildman–Crippen MR) is 264 cm³/mol. The predicted octanol–water partition coefficient (Wildman–Crippen LogP) is 13.7. The van der Waals surface area contributed by atoms with E-state index in [-0.39, 0.29) is 23.0 Å².